The van der Waals surface area contributed by atoms with Crippen LogP contribution in [0.5, 0.6) is 17.2 Å². The van der Waals surface area contributed by atoms with E-state index in [1.165, 1.54) is 13.2 Å². The van der Waals surface area contributed by atoms with E-state index in [9.17, 15) is 4.39 Å². The molecule has 0 N–H and O–H groups in total. The van der Waals surface area contributed by atoms with E-state index in [1.807, 2.05) is 38.1 Å². The Balaban J connectivity index is 1.86. The normalized spacial score (nSPS) is 10.9. The van der Waals surface area contributed by atoms with Gasteiger partial charge in [-0.3, -0.25) is 9.97 Å². The maximum absolute atomic E-state index is 14.3. The number of hydrogen-bond donors (Lipinski definition) is 0. The lowest BCUT2D eigenvalue weighted by atomic mass is 10.1. The van der Waals surface area contributed by atoms with Crippen LogP contribution in [0.2, 0.25) is 0 Å². The van der Waals surface area contributed by atoms with Crippen LogP contribution in [0, 0.1) is 19.7 Å². The molecule has 0 unspecified atom stereocenters. The van der Waals surface area contributed by atoms with Gasteiger partial charge in [0.15, 0.2) is 17.3 Å². The highest BCUT2D eigenvalue weighted by molar-refractivity contribution is 5.86. The van der Waals surface area contributed by atoms with E-state index in [0.717, 1.165) is 11.3 Å². The van der Waals surface area contributed by atoms with Gasteiger partial charge in [-0.05, 0) is 49.7 Å². The number of aryl methyl sites for hydroxylation is 2. The maximum Gasteiger partial charge on any atom is 0.165 e. The number of benzene rings is 1. The van der Waals surface area contributed by atoms with Crippen molar-refractivity contribution in [2.75, 3.05) is 7.11 Å². The summed E-state index contributed by atoms with van der Waals surface area (Å²) in [5, 5.41) is 0.547. The van der Waals surface area contributed by atoms with Crippen molar-refractivity contribution < 1.29 is 13.9 Å². The molecule has 140 valence electrons. The Labute approximate surface area is 161 Å². The van der Waals surface area contributed by atoms with Gasteiger partial charge in [0.25, 0.3) is 0 Å². The molecule has 0 spiro atoms. The van der Waals surface area contributed by atoms with Crippen molar-refractivity contribution >= 4 is 10.9 Å². The highest BCUT2D eigenvalue weighted by Gasteiger charge is 2.16. The molecule has 0 atom stereocenters. The molecule has 0 amide bonds. The summed E-state index contributed by atoms with van der Waals surface area (Å²) in [4.78, 5) is 13.3. The number of ether oxygens (including phenoxy) is 2. The summed E-state index contributed by atoms with van der Waals surface area (Å²) >= 11 is 0. The molecule has 0 saturated heterocycles. The van der Waals surface area contributed by atoms with Crippen LogP contribution < -0.4 is 9.47 Å². The first-order valence-electron chi connectivity index (χ1n) is 8.76. The molecule has 0 fully saturated rings. The lowest BCUT2D eigenvalue weighted by molar-refractivity contribution is 0.387. The van der Waals surface area contributed by atoms with E-state index in [-0.39, 0.29) is 5.75 Å². The van der Waals surface area contributed by atoms with Crippen LogP contribution in [0.3, 0.4) is 0 Å². The summed E-state index contributed by atoms with van der Waals surface area (Å²) in [7, 11) is 1.42. The molecule has 1 aromatic carbocycles. The van der Waals surface area contributed by atoms with Gasteiger partial charge in [0, 0.05) is 29.5 Å². The van der Waals surface area contributed by atoms with Gasteiger partial charge >= 0.3 is 0 Å². The third-order valence-electron chi connectivity index (χ3n) is 4.53. The molecule has 4 rings (SSSR count). The van der Waals surface area contributed by atoms with Gasteiger partial charge in [-0.1, -0.05) is 6.07 Å². The Morgan fingerprint density at radius 2 is 1.75 bits per heavy atom. The first-order valence-corrected chi connectivity index (χ1v) is 8.76. The van der Waals surface area contributed by atoms with Crippen LogP contribution >= 0.6 is 0 Å². The van der Waals surface area contributed by atoms with Crippen molar-refractivity contribution in [3.8, 4) is 28.6 Å². The summed E-state index contributed by atoms with van der Waals surface area (Å²) in [6.07, 6.45) is 3.32. The number of nitrogens with zero attached hydrogens (tertiary/aromatic N) is 3. The fourth-order valence-electron chi connectivity index (χ4n) is 2.93. The summed E-state index contributed by atoms with van der Waals surface area (Å²) < 4.78 is 25.5. The summed E-state index contributed by atoms with van der Waals surface area (Å²) in [5.74, 6) is 0.689. The van der Waals surface area contributed by atoms with Crippen molar-refractivity contribution in [1.29, 1.82) is 0 Å². The molecule has 4 aromatic rings. The van der Waals surface area contributed by atoms with Crippen molar-refractivity contribution in [3.05, 3.63) is 71.9 Å². The number of rotatable bonds is 4. The van der Waals surface area contributed by atoms with Crippen LogP contribution in [0.15, 0.2) is 54.9 Å². The highest BCUT2D eigenvalue weighted by Crippen LogP contribution is 2.36. The first-order chi connectivity index (χ1) is 13.6. The molecule has 5 nitrogen and oxygen atoms in total. The molecule has 3 heterocycles. The second-order valence-corrected chi connectivity index (χ2v) is 6.37. The van der Waals surface area contributed by atoms with Gasteiger partial charge in [-0.25, -0.2) is 9.37 Å². The van der Waals surface area contributed by atoms with Crippen LogP contribution in [-0.2, 0) is 0 Å². The van der Waals surface area contributed by atoms with Crippen LogP contribution in [0.25, 0.3) is 22.3 Å². The average Bonchev–Trinajstić information content (AvgIpc) is 2.71. The van der Waals surface area contributed by atoms with Crippen molar-refractivity contribution in [2.45, 2.75) is 13.8 Å². The van der Waals surface area contributed by atoms with Crippen LogP contribution in [0.4, 0.5) is 4.39 Å². The summed E-state index contributed by atoms with van der Waals surface area (Å²) in [6.45, 7) is 3.90. The molecule has 0 aliphatic heterocycles. The fraction of sp³-hybridized carbons (Fsp3) is 0.136. The number of hydrogen-bond acceptors (Lipinski definition) is 5. The zero-order chi connectivity index (χ0) is 19.7. The molecule has 0 aliphatic carbocycles. The van der Waals surface area contributed by atoms with E-state index < -0.39 is 5.82 Å². The predicted molar refractivity (Wildman–Crippen MR) is 105 cm³/mol. The fourth-order valence-corrected chi connectivity index (χ4v) is 2.93. The Bertz CT molecular complexity index is 1160. The Morgan fingerprint density at radius 1 is 0.893 bits per heavy atom. The van der Waals surface area contributed by atoms with Gasteiger partial charge in [0.05, 0.1) is 18.3 Å². The van der Waals surface area contributed by atoms with Crippen LogP contribution in [0.1, 0.15) is 11.3 Å². The van der Waals surface area contributed by atoms with Crippen molar-refractivity contribution in [1.82, 2.24) is 15.0 Å². The SMILES string of the molecule is COc1cc2nccc(Oc3cc(C)c(C)nc3-c3ccccn3)c2cc1F. The first kappa shape index (κ1) is 17.9. The van der Waals surface area contributed by atoms with E-state index in [1.54, 1.807) is 24.5 Å². The summed E-state index contributed by atoms with van der Waals surface area (Å²) in [5.41, 5.74) is 3.78. The second-order valence-electron chi connectivity index (χ2n) is 6.37. The number of fused-ring (bicyclic) bond motifs is 1. The molecule has 0 bridgehead atoms. The standard InChI is InChI=1S/C22H18FN3O2/c1-13-10-21(22(26-14(13)2)17-6-4-5-8-24-17)28-19-7-9-25-18-12-20(27-3)16(23)11-15(18)19/h4-12H,1-3H3. The van der Waals surface area contributed by atoms with Crippen molar-refractivity contribution in [2.24, 2.45) is 0 Å². The van der Waals surface area contributed by atoms with E-state index >= 15 is 0 Å². The number of pyridine rings is 3. The Kier molecular flexibility index (Phi) is 4.61. The average molecular weight is 375 g/mol. The third kappa shape index (κ3) is 3.24. The molecule has 3 aromatic heterocycles. The minimum atomic E-state index is -0.476. The minimum Gasteiger partial charge on any atom is -0.494 e. The van der Waals surface area contributed by atoms with E-state index in [0.29, 0.717) is 33.8 Å². The topological polar surface area (TPSA) is 57.1 Å². The van der Waals surface area contributed by atoms with Gasteiger partial charge in [-0.15, -0.1) is 0 Å². The number of methoxy groups -OCH3 is 1. The predicted octanol–water partition coefficient (Wildman–Crippen LogP) is 5.25. The van der Waals surface area contributed by atoms with E-state index in [4.69, 9.17) is 9.47 Å². The molecular formula is C22H18FN3O2. The van der Waals surface area contributed by atoms with Gasteiger partial charge in [-0.2, -0.15) is 0 Å². The molecule has 0 saturated carbocycles. The monoisotopic (exact) mass is 375 g/mol. The number of halogens is 1. The van der Waals surface area contributed by atoms with Crippen LogP contribution in [-0.4, -0.2) is 22.1 Å². The maximum atomic E-state index is 14.3. The Hall–Kier alpha value is -3.54. The van der Waals surface area contributed by atoms with Gasteiger partial charge in [0.2, 0.25) is 0 Å². The molecule has 6 heteroatoms. The lowest BCUT2D eigenvalue weighted by Crippen LogP contribution is -1.98. The molecular weight excluding hydrogens is 357 g/mol. The molecule has 28 heavy (non-hydrogen) atoms. The second kappa shape index (κ2) is 7.23. The zero-order valence-corrected chi connectivity index (χ0v) is 15.7. The zero-order valence-electron chi connectivity index (χ0n) is 15.7. The van der Waals surface area contributed by atoms with Crippen molar-refractivity contribution in [3.63, 3.8) is 0 Å². The largest absolute Gasteiger partial charge is 0.494 e. The number of aromatic nitrogens is 3. The van der Waals surface area contributed by atoms with Gasteiger partial charge < -0.3 is 9.47 Å². The quantitative estimate of drug-likeness (QED) is 0.488. The molecule has 0 radical (unpaired) electrons. The lowest BCUT2D eigenvalue weighted by Gasteiger charge is -2.14. The van der Waals surface area contributed by atoms with Gasteiger partial charge in [0.1, 0.15) is 11.4 Å². The van der Waals surface area contributed by atoms with E-state index in [2.05, 4.69) is 15.0 Å². The third-order valence-corrected chi connectivity index (χ3v) is 4.53. The minimum absolute atomic E-state index is 0.138. The molecule has 0 aliphatic rings. The smallest absolute Gasteiger partial charge is 0.165 e. The Morgan fingerprint density at radius 3 is 2.50 bits per heavy atom. The summed E-state index contributed by atoms with van der Waals surface area (Å²) in [6, 6.07) is 12.1. The highest BCUT2D eigenvalue weighted by atomic mass is 19.1.